The van der Waals surface area contributed by atoms with E-state index < -0.39 is 17.6 Å². The van der Waals surface area contributed by atoms with Gasteiger partial charge in [0.15, 0.2) is 5.78 Å². The molecular formula is C10H19NO3. The van der Waals surface area contributed by atoms with Crippen LogP contribution in [0.4, 0.5) is 0 Å². The molecule has 0 aliphatic carbocycles. The quantitative estimate of drug-likeness (QED) is 0.695. The molecule has 0 aliphatic heterocycles. The third-order valence-corrected chi connectivity index (χ3v) is 2.65. The monoisotopic (exact) mass is 201 g/mol. The van der Waals surface area contributed by atoms with E-state index in [0.29, 0.717) is 0 Å². The van der Waals surface area contributed by atoms with E-state index in [2.05, 4.69) is 5.32 Å². The third-order valence-electron chi connectivity index (χ3n) is 2.65. The van der Waals surface area contributed by atoms with Gasteiger partial charge in [-0.25, -0.2) is 0 Å². The summed E-state index contributed by atoms with van der Waals surface area (Å²) in [6, 6.07) is 0. The molecule has 0 aromatic rings. The highest BCUT2D eigenvalue weighted by atomic mass is 16.3. The van der Waals surface area contributed by atoms with E-state index in [1.54, 1.807) is 6.92 Å². The Morgan fingerprint density at radius 1 is 1.29 bits per heavy atom. The maximum absolute atomic E-state index is 11.4. The Balaban J connectivity index is 4.71. The van der Waals surface area contributed by atoms with Gasteiger partial charge in [-0.15, -0.1) is 0 Å². The molecule has 0 radical (unpaired) electrons. The van der Waals surface area contributed by atoms with Gasteiger partial charge in [0, 0.05) is 0 Å². The van der Waals surface area contributed by atoms with E-state index in [9.17, 15) is 9.59 Å². The van der Waals surface area contributed by atoms with Gasteiger partial charge >= 0.3 is 0 Å². The Hall–Kier alpha value is -0.900. The second-order valence-electron chi connectivity index (χ2n) is 4.08. The normalized spacial score (nSPS) is 17.4. The zero-order valence-electron chi connectivity index (χ0n) is 9.42. The molecule has 2 N–H and O–H groups in total. The standard InChI is InChI=1S/C10H19NO3/c1-6(2)10(5,8(4)13)11-9(14)7(3)12/h6-7,12H,1-5H3,(H,11,14). The van der Waals surface area contributed by atoms with Gasteiger partial charge in [-0.2, -0.15) is 0 Å². The number of carbonyl (C=O) groups excluding carboxylic acids is 2. The van der Waals surface area contributed by atoms with E-state index >= 15 is 0 Å². The van der Waals surface area contributed by atoms with Crippen LogP contribution in [0, 0.1) is 5.92 Å². The fourth-order valence-corrected chi connectivity index (χ4v) is 0.999. The number of hydrogen-bond donors (Lipinski definition) is 2. The lowest BCUT2D eigenvalue weighted by Gasteiger charge is -2.32. The van der Waals surface area contributed by atoms with Crippen molar-refractivity contribution in [1.29, 1.82) is 0 Å². The molecule has 4 nitrogen and oxygen atoms in total. The van der Waals surface area contributed by atoms with Crippen molar-refractivity contribution >= 4 is 11.7 Å². The zero-order valence-corrected chi connectivity index (χ0v) is 9.42. The summed E-state index contributed by atoms with van der Waals surface area (Å²) < 4.78 is 0. The molecule has 0 aromatic heterocycles. The zero-order chi connectivity index (χ0) is 11.5. The molecule has 0 aromatic carbocycles. The van der Waals surface area contributed by atoms with Gasteiger partial charge < -0.3 is 10.4 Å². The van der Waals surface area contributed by atoms with Gasteiger partial charge in [-0.3, -0.25) is 9.59 Å². The van der Waals surface area contributed by atoms with Crippen LogP contribution in [0.25, 0.3) is 0 Å². The lowest BCUT2D eigenvalue weighted by molar-refractivity contribution is -0.136. The summed E-state index contributed by atoms with van der Waals surface area (Å²) in [5, 5.41) is 11.6. The molecule has 0 heterocycles. The minimum absolute atomic E-state index is 0.0114. The van der Waals surface area contributed by atoms with Crippen molar-refractivity contribution in [2.75, 3.05) is 0 Å². The maximum Gasteiger partial charge on any atom is 0.249 e. The highest BCUT2D eigenvalue weighted by Crippen LogP contribution is 2.17. The van der Waals surface area contributed by atoms with E-state index in [-0.39, 0.29) is 11.7 Å². The van der Waals surface area contributed by atoms with E-state index in [0.717, 1.165) is 0 Å². The molecular weight excluding hydrogens is 182 g/mol. The van der Waals surface area contributed by atoms with Gasteiger partial charge in [0.2, 0.25) is 5.91 Å². The van der Waals surface area contributed by atoms with Crippen molar-refractivity contribution in [2.45, 2.75) is 46.3 Å². The molecule has 4 heteroatoms. The molecule has 0 rings (SSSR count). The van der Waals surface area contributed by atoms with Gasteiger partial charge in [0.05, 0.1) is 5.54 Å². The van der Waals surface area contributed by atoms with Crippen LogP contribution in [-0.4, -0.2) is 28.4 Å². The van der Waals surface area contributed by atoms with Crippen LogP contribution in [0.1, 0.15) is 34.6 Å². The van der Waals surface area contributed by atoms with Crippen molar-refractivity contribution in [3.8, 4) is 0 Å². The number of ketones is 1. The molecule has 0 saturated carbocycles. The smallest absolute Gasteiger partial charge is 0.249 e. The lowest BCUT2D eigenvalue weighted by atomic mass is 9.84. The Morgan fingerprint density at radius 2 is 1.71 bits per heavy atom. The van der Waals surface area contributed by atoms with E-state index in [4.69, 9.17) is 5.11 Å². The molecule has 2 atom stereocenters. The summed E-state index contributed by atoms with van der Waals surface area (Å²) in [7, 11) is 0. The molecule has 0 aliphatic rings. The molecule has 2 unspecified atom stereocenters. The van der Waals surface area contributed by atoms with Crippen LogP contribution in [0.5, 0.6) is 0 Å². The van der Waals surface area contributed by atoms with Crippen LogP contribution in [0.15, 0.2) is 0 Å². The first kappa shape index (κ1) is 13.1. The Morgan fingerprint density at radius 3 is 1.93 bits per heavy atom. The molecule has 82 valence electrons. The molecule has 0 spiro atoms. The van der Waals surface area contributed by atoms with E-state index in [1.165, 1.54) is 13.8 Å². The molecule has 0 saturated heterocycles. The summed E-state index contributed by atoms with van der Waals surface area (Å²) in [6.45, 7) is 8.17. The fraction of sp³-hybridized carbons (Fsp3) is 0.800. The van der Waals surface area contributed by atoms with Crippen LogP contribution >= 0.6 is 0 Å². The first-order valence-electron chi connectivity index (χ1n) is 4.73. The maximum atomic E-state index is 11.4. The average molecular weight is 201 g/mol. The predicted octanol–water partition coefficient (Wildman–Crippen LogP) is 0.487. The summed E-state index contributed by atoms with van der Waals surface area (Å²) in [4.78, 5) is 22.6. The van der Waals surface area contributed by atoms with Crippen molar-refractivity contribution in [1.82, 2.24) is 5.32 Å². The second-order valence-corrected chi connectivity index (χ2v) is 4.08. The van der Waals surface area contributed by atoms with Gasteiger partial charge in [-0.1, -0.05) is 13.8 Å². The number of Topliss-reactive ketones (excluding diaryl/α,β-unsaturated/α-hetero) is 1. The van der Waals surface area contributed by atoms with Crippen LogP contribution < -0.4 is 5.32 Å². The first-order chi connectivity index (χ1) is 6.21. The summed E-state index contributed by atoms with van der Waals surface area (Å²) >= 11 is 0. The van der Waals surface area contributed by atoms with Crippen LogP contribution in [-0.2, 0) is 9.59 Å². The lowest BCUT2D eigenvalue weighted by Crippen LogP contribution is -2.57. The van der Waals surface area contributed by atoms with Crippen molar-refractivity contribution in [3.63, 3.8) is 0 Å². The minimum atomic E-state index is -1.09. The largest absolute Gasteiger partial charge is 0.384 e. The van der Waals surface area contributed by atoms with E-state index in [1.807, 2.05) is 13.8 Å². The predicted molar refractivity (Wildman–Crippen MR) is 53.7 cm³/mol. The Kier molecular flexibility index (Phi) is 4.26. The average Bonchev–Trinajstić information content (AvgIpc) is 2.02. The molecule has 1 amide bonds. The Labute approximate surface area is 84.7 Å². The van der Waals surface area contributed by atoms with Crippen LogP contribution in [0.2, 0.25) is 0 Å². The Bertz CT molecular complexity index is 236. The topological polar surface area (TPSA) is 66.4 Å². The van der Waals surface area contributed by atoms with Gasteiger partial charge in [-0.05, 0) is 26.7 Å². The van der Waals surface area contributed by atoms with Crippen molar-refractivity contribution in [3.05, 3.63) is 0 Å². The second kappa shape index (κ2) is 4.55. The first-order valence-corrected chi connectivity index (χ1v) is 4.73. The number of nitrogens with one attached hydrogen (secondary N) is 1. The summed E-state index contributed by atoms with van der Waals surface area (Å²) in [5.74, 6) is -0.638. The number of aliphatic hydroxyl groups excluding tert-OH is 1. The summed E-state index contributed by atoms with van der Waals surface area (Å²) in [5.41, 5.74) is -0.895. The molecule has 0 bridgehead atoms. The SMILES string of the molecule is CC(=O)C(C)(NC(=O)C(C)O)C(C)C. The highest BCUT2D eigenvalue weighted by molar-refractivity contribution is 5.92. The number of hydrogen-bond acceptors (Lipinski definition) is 3. The summed E-state index contributed by atoms with van der Waals surface area (Å²) in [6.07, 6.45) is -1.09. The highest BCUT2D eigenvalue weighted by Gasteiger charge is 2.35. The van der Waals surface area contributed by atoms with Crippen molar-refractivity contribution in [2.24, 2.45) is 5.92 Å². The van der Waals surface area contributed by atoms with Crippen molar-refractivity contribution < 1.29 is 14.7 Å². The van der Waals surface area contributed by atoms with Gasteiger partial charge in [0.25, 0.3) is 0 Å². The molecule has 14 heavy (non-hydrogen) atoms. The molecule has 0 fully saturated rings. The number of aliphatic hydroxyl groups is 1. The third kappa shape index (κ3) is 2.80. The number of carbonyl (C=O) groups is 2. The fourth-order valence-electron chi connectivity index (χ4n) is 0.999. The van der Waals surface area contributed by atoms with Crippen LogP contribution in [0.3, 0.4) is 0 Å². The number of amides is 1. The number of rotatable bonds is 4. The van der Waals surface area contributed by atoms with Gasteiger partial charge in [0.1, 0.15) is 6.10 Å². The minimum Gasteiger partial charge on any atom is -0.384 e.